The maximum atomic E-state index is 16.0. The second-order valence-corrected chi connectivity index (χ2v) is 11.1. The van der Waals surface area contributed by atoms with Crippen LogP contribution < -0.4 is 10.5 Å². The predicted molar refractivity (Wildman–Crippen MR) is 148 cm³/mol. The molecular weight excluding hydrogens is 649 g/mol. The fourth-order valence-electron chi connectivity index (χ4n) is 5.69. The van der Waals surface area contributed by atoms with Crippen LogP contribution in [0, 0.1) is 12.7 Å². The first-order chi connectivity index (χ1) is 21.8. The summed E-state index contributed by atoms with van der Waals surface area (Å²) >= 11 is 0. The van der Waals surface area contributed by atoms with Gasteiger partial charge in [-0.05, 0) is 48.9 Å². The average Bonchev–Trinajstić information content (AvgIpc) is 3.62. The summed E-state index contributed by atoms with van der Waals surface area (Å²) in [6.45, 7) is 0.477. The van der Waals surface area contributed by atoms with Gasteiger partial charge in [-0.3, -0.25) is 14.8 Å². The Balaban J connectivity index is 1.45. The van der Waals surface area contributed by atoms with Crippen LogP contribution in [0.2, 0.25) is 0 Å². The van der Waals surface area contributed by atoms with E-state index in [2.05, 4.69) is 9.98 Å². The number of fused-ring (bicyclic) bond motifs is 1. The van der Waals surface area contributed by atoms with E-state index in [1.807, 2.05) is 0 Å². The minimum absolute atomic E-state index is 0.00713. The van der Waals surface area contributed by atoms with Crippen LogP contribution >= 0.6 is 0 Å². The zero-order valence-corrected chi connectivity index (χ0v) is 24.0. The number of ether oxygens (including phenoxy) is 1. The lowest BCUT2D eigenvalue weighted by Gasteiger charge is -2.31. The summed E-state index contributed by atoms with van der Waals surface area (Å²) in [6, 6.07) is 5.41. The van der Waals surface area contributed by atoms with E-state index >= 15 is 4.39 Å². The van der Waals surface area contributed by atoms with Crippen molar-refractivity contribution in [3.63, 3.8) is 0 Å². The lowest BCUT2D eigenvalue weighted by Crippen LogP contribution is -2.40. The first-order valence-corrected chi connectivity index (χ1v) is 13.7. The predicted octanol–water partition coefficient (Wildman–Crippen LogP) is 7.74. The number of nitrogens with zero attached hydrogens (tertiary/aromatic N) is 2. The Morgan fingerprint density at radius 3 is 2.26 bits per heavy atom. The third-order valence-electron chi connectivity index (χ3n) is 7.61. The Bertz CT molecular complexity index is 2040. The van der Waals surface area contributed by atoms with Gasteiger partial charge in [0, 0.05) is 35.3 Å². The van der Waals surface area contributed by atoms with Crippen molar-refractivity contribution in [3.8, 4) is 11.5 Å². The van der Waals surface area contributed by atoms with Gasteiger partial charge >= 0.3 is 18.1 Å². The summed E-state index contributed by atoms with van der Waals surface area (Å²) in [7, 11) is 0. The highest BCUT2D eigenvalue weighted by molar-refractivity contribution is 6.25. The minimum Gasteiger partial charge on any atom is -0.457 e. The summed E-state index contributed by atoms with van der Waals surface area (Å²) < 4.78 is 136. The number of benzene rings is 3. The highest BCUT2D eigenvalue weighted by atomic mass is 19.4. The normalized spacial score (nSPS) is 17.2. The van der Waals surface area contributed by atoms with Crippen LogP contribution in [0.4, 0.5) is 39.5 Å². The molecular formula is C31H20F9N3O4. The van der Waals surface area contributed by atoms with Gasteiger partial charge in [-0.15, -0.1) is 0 Å². The molecule has 7 nitrogen and oxygen atoms in total. The van der Waals surface area contributed by atoms with Gasteiger partial charge in [0.1, 0.15) is 17.3 Å². The van der Waals surface area contributed by atoms with Gasteiger partial charge in [0.2, 0.25) is 0 Å². The molecule has 0 saturated heterocycles. The lowest BCUT2D eigenvalue weighted by atomic mass is 9.90. The number of carbonyl (C=O) groups excluding carboxylic acids is 1. The highest BCUT2D eigenvalue weighted by Crippen LogP contribution is 2.47. The van der Waals surface area contributed by atoms with E-state index < -0.39 is 71.0 Å². The summed E-state index contributed by atoms with van der Waals surface area (Å²) in [5.74, 6) is -7.61. The SMILES string of the molecule is Cc1cc(C2C3=C(CN=C3c3cccc4[nH]c(=O)oc34)C(=O)N2CC(C)(F)F)c(F)cc1Oc1cc(C(F)(F)F)cc(C(F)(F)F)c1. The van der Waals surface area contributed by atoms with Crippen LogP contribution in [-0.2, 0) is 17.1 Å². The van der Waals surface area contributed by atoms with Crippen molar-refractivity contribution in [3.05, 3.63) is 104 Å². The van der Waals surface area contributed by atoms with Gasteiger partial charge in [0.15, 0.2) is 5.58 Å². The van der Waals surface area contributed by atoms with E-state index in [-0.39, 0.29) is 57.3 Å². The number of amides is 1. The molecule has 2 aliphatic heterocycles. The number of aromatic nitrogens is 1. The number of para-hydroxylation sites is 1. The summed E-state index contributed by atoms with van der Waals surface area (Å²) in [5, 5.41) is 0. The maximum Gasteiger partial charge on any atom is 0.417 e. The zero-order valence-electron chi connectivity index (χ0n) is 24.0. The maximum absolute atomic E-state index is 16.0. The second-order valence-electron chi connectivity index (χ2n) is 11.1. The van der Waals surface area contributed by atoms with Crippen LogP contribution in [-0.4, -0.2) is 40.5 Å². The molecule has 1 unspecified atom stereocenters. The van der Waals surface area contributed by atoms with Crippen molar-refractivity contribution in [1.29, 1.82) is 0 Å². The van der Waals surface area contributed by atoms with E-state index in [1.165, 1.54) is 19.1 Å². The Labute approximate surface area is 258 Å². The Morgan fingerprint density at radius 2 is 1.64 bits per heavy atom. The fourth-order valence-corrected chi connectivity index (χ4v) is 5.69. The molecule has 1 N–H and O–H groups in total. The number of aromatic amines is 1. The number of hydrogen-bond acceptors (Lipinski definition) is 5. The van der Waals surface area contributed by atoms with Crippen molar-refractivity contribution < 1.29 is 53.5 Å². The molecule has 246 valence electrons. The van der Waals surface area contributed by atoms with E-state index in [0.717, 1.165) is 11.0 Å². The smallest absolute Gasteiger partial charge is 0.417 e. The molecule has 3 aromatic carbocycles. The van der Waals surface area contributed by atoms with Crippen LogP contribution in [0.1, 0.15) is 40.8 Å². The van der Waals surface area contributed by atoms with Crippen molar-refractivity contribution in [1.82, 2.24) is 9.88 Å². The molecule has 1 aromatic heterocycles. The van der Waals surface area contributed by atoms with Gasteiger partial charge in [-0.25, -0.2) is 18.0 Å². The minimum atomic E-state index is -5.16. The number of nitrogens with one attached hydrogen (secondary N) is 1. The largest absolute Gasteiger partial charge is 0.457 e. The molecule has 1 atom stereocenters. The monoisotopic (exact) mass is 669 g/mol. The fraction of sp³-hybridized carbons (Fsp3) is 0.258. The van der Waals surface area contributed by atoms with Crippen molar-refractivity contribution in [2.75, 3.05) is 13.1 Å². The van der Waals surface area contributed by atoms with Crippen molar-refractivity contribution >= 4 is 22.7 Å². The number of H-pyrrole nitrogens is 1. The molecule has 0 aliphatic carbocycles. The zero-order chi connectivity index (χ0) is 34.2. The molecule has 0 spiro atoms. The quantitative estimate of drug-likeness (QED) is 0.213. The number of carbonyl (C=O) groups is 1. The second kappa shape index (κ2) is 10.8. The number of hydrogen-bond donors (Lipinski definition) is 1. The van der Waals surface area contributed by atoms with Crippen LogP contribution in [0.5, 0.6) is 11.5 Å². The first-order valence-electron chi connectivity index (χ1n) is 13.7. The third kappa shape index (κ3) is 5.87. The first kappa shape index (κ1) is 31.9. The number of rotatable bonds is 6. The van der Waals surface area contributed by atoms with Crippen LogP contribution in [0.15, 0.2) is 73.9 Å². The molecule has 0 radical (unpaired) electrons. The van der Waals surface area contributed by atoms with Crippen LogP contribution in [0.3, 0.4) is 0 Å². The molecule has 0 bridgehead atoms. The summed E-state index contributed by atoms with van der Waals surface area (Å²) in [6.07, 6.45) is -10.3. The molecule has 1 amide bonds. The Kier molecular flexibility index (Phi) is 7.32. The number of aliphatic imine (C=N–C) groups is 1. The van der Waals surface area contributed by atoms with E-state index in [4.69, 9.17) is 9.15 Å². The van der Waals surface area contributed by atoms with E-state index in [9.17, 15) is 44.7 Å². The standard InChI is InChI=1S/C31H20F9N3O4/c1-13-6-18(20(32)10-22(13)46-16-8-14(30(35,36)37)7-15(9-16)31(38,39)40)25-23-19(27(44)43(25)12-29(2,33)34)11-41-24(23)17-4-3-5-21-26(17)47-28(45)42-21/h3-10,25H,11-12H2,1-2H3,(H,42,45). The van der Waals surface area contributed by atoms with Crippen LogP contribution in [0.25, 0.3) is 11.1 Å². The number of oxazole rings is 1. The topological polar surface area (TPSA) is 87.9 Å². The molecule has 47 heavy (non-hydrogen) atoms. The molecule has 3 heterocycles. The van der Waals surface area contributed by atoms with Gasteiger partial charge in [-0.1, -0.05) is 6.07 Å². The van der Waals surface area contributed by atoms with Gasteiger partial charge in [-0.2, -0.15) is 26.3 Å². The number of halogens is 9. The Hall–Kier alpha value is -5.02. The van der Waals surface area contributed by atoms with E-state index in [1.54, 1.807) is 6.07 Å². The molecule has 16 heteroatoms. The number of aryl methyl sites for hydroxylation is 1. The molecule has 2 aliphatic rings. The Morgan fingerprint density at radius 1 is 0.979 bits per heavy atom. The molecule has 0 fully saturated rings. The van der Waals surface area contributed by atoms with Crippen molar-refractivity contribution in [2.24, 2.45) is 4.99 Å². The molecule has 4 aromatic rings. The summed E-state index contributed by atoms with van der Waals surface area (Å²) in [4.78, 5) is 33.0. The average molecular weight is 670 g/mol. The molecule has 0 saturated carbocycles. The third-order valence-corrected chi connectivity index (χ3v) is 7.61. The number of alkyl halides is 8. The summed E-state index contributed by atoms with van der Waals surface area (Å²) in [5.41, 5.74) is -2.96. The van der Waals surface area contributed by atoms with E-state index in [0.29, 0.717) is 25.1 Å². The molecule has 6 rings (SSSR count). The van der Waals surface area contributed by atoms with Gasteiger partial charge in [0.05, 0.1) is 41.5 Å². The highest BCUT2D eigenvalue weighted by Gasteiger charge is 2.48. The van der Waals surface area contributed by atoms with Gasteiger partial charge < -0.3 is 14.1 Å². The lowest BCUT2D eigenvalue weighted by molar-refractivity contribution is -0.143. The van der Waals surface area contributed by atoms with Crippen molar-refractivity contribution in [2.45, 2.75) is 38.2 Å². The van der Waals surface area contributed by atoms with Gasteiger partial charge in [0.25, 0.3) is 11.8 Å².